The van der Waals surface area contributed by atoms with Crippen molar-refractivity contribution in [1.82, 2.24) is 0 Å². The SMILES string of the molecule is CCCCCCCCCCOC1C2OC3(O[Si](C)C)OC(OCC45CC6C(C)CCC6C6(C=O)CC4C=C(C(C)C)C65C(=O)O)(OC13)C2C(C)(C)C. The summed E-state index contributed by atoms with van der Waals surface area (Å²) in [4.78, 5) is 27.7. The Labute approximate surface area is 314 Å². The smallest absolute Gasteiger partial charge is 0.315 e. The molecule has 0 aromatic carbocycles. The van der Waals surface area contributed by atoms with E-state index in [1.807, 2.05) is 0 Å². The molecule has 13 atom stereocenters. The van der Waals surface area contributed by atoms with E-state index in [0.29, 0.717) is 25.4 Å². The zero-order valence-corrected chi connectivity index (χ0v) is 34.5. The summed E-state index contributed by atoms with van der Waals surface area (Å²) in [5.41, 5.74) is -2.61. The Balaban J connectivity index is 1.19. The summed E-state index contributed by atoms with van der Waals surface area (Å²) in [5, 5.41) is 11.5. The predicted molar refractivity (Wildman–Crippen MR) is 198 cm³/mol. The van der Waals surface area contributed by atoms with Gasteiger partial charge in [-0.1, -0.05) is 111 Å². The number of fused-ring (bicyclic) bond motifs is 2. The van der Waals surface area contributed by atoms with E-state index in [4.69, 9.17) is 28.1 Å². The van der Waals surface area contributed by atoms with E-state index in [1.165, 1.54) is 38.5 Å². The Bertz CT molecular complexity index is 1390. The second-order valence-corrected chi connectivity index (χ2v) is 21.4. The number of hydrogen-bond acceptors (Lipinski definition) is 8. The standard InChI is InChI=1S/C42H67O9Si/c1-10-11-12-13-14-15-16-17-20-46-33-32-34(37(5,6)7)41(49-35(33)42(48-32,50-41)51-52(8)9)47-25-39-23-29-27(4)18-19-30(29)38(24-43)22-28(39)21-31(26(2)3)40(38,39)36(44)45/h21,24,26-30,32-35H,10-20,22-23,25H2,1-9H3,(H,44,45). The highest BCUT2D eigenvalue weighted by molar-refractivity contribution is 6.48. The molecule has 8 bridgehead atoms. The Morgan fingerprint density at radius 3 is 2.35 bits per heavy atom. The van der Waals surface area contributed by atoms with E-state index >= 15 is 0 Å². The Morgan fingerprint density at radius 2 is 1.73 bits per heavy atom. The van der Waals surface area contributed by atoms with Crippen molar-refractivity contribution in [3.8, 4) is 0 Å². The molecule has 293 valence electrons. The molecule has 4 saturated heterocycles. The molecule has 0 aromatic rings. The minimum atomic E-state index is -1.52. The number of carbonyl (C=O) groups excluding carboxylic acids is 1. The molecule has 9 nitrogen and oxygen atoms in total. The highest BCUT2D eigenvalue weighted by Gasteiger charge is 2.86. The average molecular weight is 744 g/mol. The highest BCUT2D eigenvalue weighted by atomic mass is 28.3. The third-order valence-electron chi connectivity index (χ3n) is 14.8. The Morgan fingerprint density at radius 1 is 1.04 bits per heavy atom. The molecule has 8 rings (SSSR count). The van der Waals surface area contributed by atoms with Crippen molar-refractivity contribution in [2.24, 2.45) is 57.2 Å². The second-order valence-electron chi connectivity index (χ2n) is 19.4. The minimum Gasteiger partial charge on any atom is -0.481 e. The van der Waals surface area contributed by atoms with Gasteiger partial charge in [0.1, 0.15) is 23.9 Å². The first-order valence-electron chi connectivity index (χ1n) is 20.8. The van der Waals surface area contributed by atoms with Gasteiger partial charge in [-0.25, -0.2) is 0 Å². The summed E-state index contributed by atoms with van der Waals surface area (Å²) < 4.78 is 41.2. The molecule has 0 amide bonds. The van der Waals surface area contributed by atoms with Crippen LogP contribution < -0.4 is 0 Å². The molecule has 8 aliphatic rings. The summed E-state index contributed by atoms with van der Waals surface area (Å²) in [5.74, 6) is -3.59. The molecule has 4 aliphatic heterocycles. The van der Waals surface area contributed by atoms with Crippen LogP contribution in [0.15, 0.2) is 11.6 Å². The highest BCUT2D eigenvalue weighted by Crippen LogP contribution is 2.83. The van der Waals surface area contributed by atoms with Crippen molar-refractivity contribution in [3.63, 3.8) is 0 Å². The third-order valence-corrected chi connectivity index (χ3v) is 15.5. The molecular formula is C42H67O9Si. The van der Waals surface area contributed by atoms with Crippen LogP contribution in [0.5, 0.6) is 0 Å². The number of aldehydes is 1. The quantitative estimate of drug-likeness (QED) is 0.0640. The van der Waals surface area contributed by atoms with Crippen molar-refractivity contribution in [3.05, 3.63) is 11.6 Å². The van der Waals surface area contributed by atoms with Crippen molar-refractivity contribution in [2.75, 3.05) is 13.2 Å². The van der Waals surface area contributed by atoms with Gasteiger partial charge in [0, 0.05) is 12.0 Å². The maximum absolute atomic E-state index is 14.1. The Kier molecular flexibility index (Phi) is 10.4. The normalized spacial score (nSPS) is 45.4. The van der Waals surface area contributed by atoms with Gasteiger partial charge in [-0.2, -0.15) is 0 Å². The lowest BCUT2D eigenvalue weighted by Gasteiger charge is -2.59. The molecule has 4 heterocycles. The van der Waals surface area contributed by atoms with E-state index in [0.717, 1.165) is 37.5 Å². The number of aliphatic carboxylic acids is 1. The maximum Gasteiger partial charge on any atom is 0.315 e. The van der Waals surface area contributed by atoms with Crippen molar-refractivity contribution in [2.45, 2.75) is 169 Å². The summed E-state index contributed by atoms with van der Waals surface area (Å²) in [6.45, 7) is 20.0. The largest absolute Gasteiger partial charge is 0.481 e. The van der Waals surface area contributed by atoms with Gasteiger partial charge in [0.05, 0.1) is 17.9 Å². The van der Waals surface area contributed by atoms with E-state index in [1.54, 1.807) is 0 Å². The minimum absolute atomic E-state index is 0.0136. The maximum atomic E-state index is 14.1. The molecule has 0 spiro atoms. The van der Waals surface area contributed by atoms with Crippen LogP contribution in [-0.2, 0) is 37.7 Å². The van der Waals surface area contributed by atoms with Crippen molar-refractivity contribution >= 4 is 21.3 Å². The average Bonchev–Trinajstić information content (AvgIpc) is 3.76. The fourth-order valence-corrected chi connectivity index (χ4v) is 13.8. The molecule has 7 fully saturated rings. The van der Waals surface area contributed by atoms with E-state index in [2.05, 4.69) is 67.6 Å². The lowest BCUT2D eigenvalue weighted by molar-refractivity contribution is -0.491. The van der Waals surface area contributed by atoms with Crippen LogP contribution in [0.25, 0.3) is 0 Å². The number of allylic oxidation sites excluding steroid dienone is 1. The summed E-state index contributed by atoms with van der Waals surface area (Å²) in [6.07, 6.45) is 14.8. The molecule has 0 aromatic heterocycles. The summed E-state index contributed by atoms with van der Waals surface area (Å²) in [7, 11) is -1.31. The summed E-state index contributed by atoms with van der Waals surface area (Å²) in [6, 6.07) is 0. The van der Waals surface area contributed by atoms with Crippen molar-refractivity contribution in [1.29, 1.82) is 0 Å². The first-order chi connectivity index (χ1) is 24.6. The molecule has 3 saturated carbocycles. The number of hydrogen-bond donors (Lipinski definition) is 1. The van der Waals surface area contributed by atoms with Crippen LogP contribution >= 0.6 is 0 Å². The Hall–Kier alpha value is -1.14. The molecule has 1 radical (unpaired) electrons. The van der Waals surface area contributed by atoms with Crippen LogP contribution in [0.3, 0.4) is 0 Å². The second kappa shape index (κ2) is 13.8. The zero-order chi connectivity index (χ0) is 37.5. The topological polar surface area (TPSA) is 110 Å². The van der Waals surface area contributed by atoms with Gasteiger partial charge in [0.25, 0.3) is 5.97 Å². The van der Waals surface area contributed by atoms with E-state index in [9.17, 15) is 14.7 Å². The van der Waals surface area contributed by atoms with Gasteiger partial charge < -0.3 is 33.3 Å². The van der Waals surface area contributed by atoms with Crippen LogP contribution in [0.4, 0.5) is 0 Å². The van der Waals surface area contributed by atoms with Crippen LogP contribution in [0.1, 0.15) is 126 Å². The number of carboxylic acids is 1. The molecule has 4 aliphatic carbocycles. The number of carbonyl (C=O) groups is 2. The molecule has 13 unspecified atom stereocenters. The molecular weight excluding hydrogens is 677 g/mol. The van der Waals surface area contributed by atoms with Gasteiger partial charge in [-0.15, -0.1) is 0 Å². The number of ether oxygens (including phenoxy) is 5. The van der Waals surface area contributed by atoms with Gasteiger partial charge >= 0.3 is 11.9 Å². The molecule has 10 heteroatoms. The zero-order valence-electron chi connectivity index (χ0n) is 33.5. The lowest BCUT2D eigenvalue weighted by atomic mass is 9.43. The predicted octanol–water partition coefficient (Wildman–Crippen LogP) is 8.52. The van der Waals surface area contributed by atoms with Gasteiger partial charge in [-0.3, -0.25) is 9.53 Å². The third kappa shape index (κ3) is 5.41. The summed E-state index contributed by atoms with van der Waals surface area (Å²) >= 11 is 0. The fourth-order valence-electron chi connectivity index (χ4n) is 13.0. The van der Waals surface area contributed by atoms with Gasteiger partial charge in [-0.05, 0) is 73.8 Å². The van der Waals surface area contributed by atoms with Crippen LogP contribution in [0, 0.1) is 57.2 Å². The first-order valence-corrected chi connectivity index (χ1v) is 23.2. The number of rotatable bonds is 18. The molecule has 52 heavy (non-hydrogen) atoms. The number of carboxylic acid groups (broad SMARTS) is 1. The molecule has 1 N–H and O–H groups in total. The fraction of sp³-hybridized carbons (Fsp3) is 0.905. The van der Waals surface area contributed by atoms with E-state index < -0.39 is 55.4 Å². The monoisotopic (exact) mass is 743 g/mol. The lowest BCUT2D eigenvalue weighted by Crippen LogP contribution is -2.66. The van der Waals surface area contributed by atoms with E-state index in [-0.39, 0.29) is 47.7 Å². The first kappa shape index (κ1) is 39.1. The van der Waals surface area contributed by atoms with Crippen molar-refractivity contribution < 1.29 is 42.8 Å². The number of unbranched alkanes of at least 4 members (excludes halogenated alkanes) is 7. The van der Waals surface area contributed by atoms with Gasteiger partial charge in [0.2, 0.25) is 9.04 Å². The van der Waals surface area contributed by atoms with Crippen LogP contribution in [-0.4, -0.2) is 69.9 Å². The van der Waals surface area contributed by atoms with Gasteiger partial charge in [0.15, 0.2) is 6.10 Å². The van der Waals surface area contributed by atoms with Crippen LogP contribution in [0.2, 0.25) is 13.1 Å².